The minimum atomic E-state index is -0.874. The average Bonchev–Trinajstić information content (AvgIpc) is 2.26. The van der Waals surface area contributed by atoms with E-state index in [-0.39, 0.29) is 6.42 Å². The van der Waals surface area contributed by atoms with Crippen LogP contribution in [0.1, 0.15) is 50.7 Å². The Bertz CT molecular complexity index is 382. The molecular weight excluding hydrogens is 214 g/mol. The van der Waals surface area contributed by atoms with Gasteiger partial charge in [-0.3, -0.25) is 4.79 Å². The number of aliphatic carboxylic acids is 1. The molecule has 0 heterocycles. The lowest BCUT2D eigenvalue weighted by atomic mass is 9.88. The molecule has 0 radical (unpaired) electrons. The van der Waals surface area contributed by atoms with E-state index in [1.54, 1.807) is 6.92 Å². The summed E-state index contributed by atoms with van der Waals surface area (Å²) >= 11 is 0. The van der Waals surface area contributed by atoms with Crippen LogP contribution in [0, 0.1) is 0 Å². The van der Waals surface area contributed by atoms with E-state index in [0.717, 1.165) is 12.0 Å². The van der Waals surface area contributed by atoms with Crippen molar-refractivity contribution in [3.8, 4) is 0 Å². The lowest BCUT2D eigenvalue weighted by Gasteiger charge is -2.23. The van der Waals surface area contributed by atoms with Crippen molar-refractivity contribution in [2.45, 2.75) is 45.1 Å². The summed E-state index contributed by atoms with van der Waals surface area (Å²) in [6.45, 7) is 6.07. The van der Waals surface area contributed by atoms with Gasteiger partial charge in [0, 0.05) is 5.54 Å². The first-order chi connectivity index (χ1) is 7.86. The number of rotatable bonds is 5. The van der Waals surface area contributed by atoms with Gasteiger partial charge >= 0.3 is 5.97 Å². The second-order valence-corrected chi connectivity index (χ2v) is 4.92. The maximum absolute atomic E-state index is 10.7. The monoisotopic (exact) mass is 235 g/mol. The number of benzene rings is 1. The summed E-state index contributed by atoms with van der Waals surface area (Å²) in [7, 11) is 0. The minimum absolute atomic E-state index is 0.0598. The molecule has 1 aromatic carbocycles. The molecule has 3 N–H and O–H groups in total. The fourth-order valence-electron chi connectivity index (χ4n) is 1.84. The fraction of sp³-hybridized carbons (Fsp3) is 0.500. The molecule has 1 aromatic rings. The molecule has 2 atom stereocenters. The van der Waals surface area contributed by atoms with Gasteiger partial charge in [0.1, 0.15) is 0 Å². The van der Waals surface area contributed by atoms with Gasteiger partial charge in [0.15, 0.2) is 0 Å². The molecule has 3 heteroatoms. The molecule has 17 heavy (non-hydrogen) atoms. The Balaban J connectivity index is 2.90. The van der Waals surface area contributed by atoms with Crippen molar-refractivity contribution in [3.05, 3.63) is 35.4 Å². The first-order valence-corrected chi connectivity index (χ1v) is 5.98. The van der Waals surface area contributed by atoms with E-state index < -0.39 is 11.5 Å². The van der Waals surface area contributed by atoms with Crippen LogP contribution in [0.25, 0.3) is 0 Å². The molecule has 0 aromatic heterocycles. The third-order valence-corrected chi connectivity index (χ3v) is 3.27. The van der Waals surface area contributed by atoms with Gasteiger partial charge in [-0.25, -0.2) is 0 Å². The normalized spacial score (nSPS) is 16.2. The summed E-state index contributed by atoms with van der Waals surface area (Å²) in [5.41, 5.74) is 7.34. The van der Waals surface area contributed by atoms with Gasteiger partial charge < -0.3 is 10.8 Å². The maximum Gasteiger partial charge on any atom is 0.305 e. The zero-order chi connectivity index (χ0) is 13.1. The van der Waals surface area contributed by atoms with Gasteiger partial charge in [-0.2, -0.15) is 0 Å². The Morgan fingerprint density at radius 2 is 1.94 bits per heavy atom. The van der Waals surface area contributed by atoms with Crippen molar-refractivity contribution in [1.82, 2.24) is 0 Å². The summed E-state index contributed by atoms with van der Waals surface area (Å²) in [5, 5.41) is 8.81. The Morgan fingerprint density at radius 3 is 2.35 bits per heavy atom. The number of carboxylic acid groups (broad SMARTS) is 1. The average molecular weight is 235 g/mol. The van der Waals surface area contributed by atoms with E-state index in [0.29, 0.717) is 5.92 Å². The van der Waals surface area contributed by atoms with Crippen molar-refractivity contribution in [2.24, 2.45) is 5.73 Å². The first kappa shape index (κ1) is 13.7. The number of hydrogen-bond acceptors (Lipinski definition) is 2. The summed E-state index contributed by atoms with van der Waals surface area (Å²) in [5.74, 6) is -0.353. The van der Waals surface area contributed by atoms with Crippen LogP contribution < -0.4 is 5.73 Å². The Kier molecular flexibility index (Phi) is 4.29. The summed E-state index contributed by atoms with van der Waals surface area (Å²) in [6, 6.07) is 7.95. The van der Waals surface area contributed by atoms with E-state index in [9.17, 15) is 4.79 Å². The Labute approximate surface area is 103 Å². The van der Waals surface area contributed by atoms with E-state index in [1.807, 2.05) is 24.3 Å². The topological polar surface area (TPSA) is 63.3 Å². The lowest BCUT2D eigenvalue weighted by molar-refractivity contribution is -0.138. The molecule has 94 valence electrons. The zero-order valence-corrected chi connectivity index (χ0v) is 10.7. The standard InChI is InChI=1S/C14H21NO2/c1-4-10(2)11-5-7-12(8-6-11)14(3,15)9-13(16)17/h5-8,10H,4,9,15H2,1-3H3,(H,16,17). The summed E-state index contributed by atoms with van der Waals surface area (Å²) < 4.78 is 0. The predicted molar refractivity (Wildman–Crippen MR) is 68.9 cm³/mol. The van der Waals surface area contributed by atoms with Gasteiger partial charge in [0.25, 0.3) is 0 Å². The molecule has 0 saturated carbocycles. The van der Waals surface area contributed by atoms with E-state index in [4.69, 9.17) is 10.8 Å². The van der Waals surface area contributed by atoms with Gasteiger partial charge in [0.2, 0.25) is 0 Å². The van der Waals surface area contributed by atoms with Crippen molar-refractivity contribution >= 4 is 5.97 Å². The zero-order valence-electron chi connectivity index (χ0n) is 10.7. The third kappa shape index (κ3) is 3.56. The number of nitrogens with two attached hydrogens (primary N) is 1. The SMILES string of the molecule is CCC(C)c1ccc(C(C)(N)CC(=O)O)cc1. The molecule has 0 fully saturated rings. The molecule has 0 aliphatic carbocycles. The smallest absolute Gasteiger partial charge is 0.305 e. The van der Waals surface area contributed by atoms with Crippen LogP contribution in [-0.4, -0.2) is 11.1 Å². The number of carbonyl (C=O) groups is 1. The van der Waals surface area contributed by atoms with Crippen molar-refractivity contribution in [3.63, 3.8) is 0 Å². The Morgan fingerprint density at radius 1 is 1.41 bits per heavy atom. The van der Waals surface area contributed by atoms with Crippen LogP contribution in [0.2, 0.25) is 0 Å². The van der Waals surface area contributed by atoms with Crippen LogP contribution in [0.15, 0.2) is 24.3 Å². The van der Waals surface area contributed by atoms with Crippen LogP contribution in [0.4, 0.5) is 0 Å². The molecule has 1 rings (SSSR count). The highest BCUT2D eigenvalue weighted by molar-refractivity contribution is 5.68. The highest BCUT2D eigenvalue weighted by Crippen LogP contribution is 2.25. The minimum Gasteiger partial charge on any atom is -0.481 e. The largest absolute Gasteiger partial charge is 0.481 e. The van der Waals surface area contributed by atoms with Crippen LogP contribution in [0.5, 0.6) is 0 Å². The molecule has 3 nitrogen and oxygen atoms in total. The van der Waals surface area contributed by atoms with Gasteiger partial charge in [-0.1, -0.05) is 38.1 Å². The second-order valence-electron chi connectivity index (χ2n) is 4.92. The second kappa shape index (κ2) is 5.32. The summed E-state index contributed by atoms with van der Waals surface area (Å²) in [4.78, 5) is 10.7. The van der Waals surface area contributed by atoms with Crippen molar-refractivity contribution in [1.29, 1.82) is 0 Å². The molecule has 0 saturated heterocycles. The fourth-order valence-corrected chi connectivity index (χ4v) is 1.84. The van der Waals surface area contributed by atoms with Crippen LogP contribution in [0.3, 0.4) is 0 Å². The van der Waals surface area contributed by atoms with E-state index in [1.165, 1.54) is 5.56 Å². The third-order valence-electron chi connectivity index (χ3n) is 3.27. The molecule has 0 bridgehead atoms. The van der Waals surface area contributed by atoms with E-state index >= 15 is 0 Å². The first-order valence-electron chi connectivity index (χ1n) is 5.98. The van der Waals surface area contributed by atoms with Gasteiger partial charge in [-0.15, -0.1) is 0 Å². The highest BCUT2D eigenvalue weighted by atomic mass is 16.4. The molecule has 0 aliphatic heterocycles. The van der Waals surface area contributed by atoms with Crippen molar-refractivity contribution in [2.75, 3.05) is 0 Å². The van der Waals surface area contributed by atoms with Gasteiger partial charge in [-0.05, 0) is 30.4 Å². The molecular formula is C14H21NO2. The molecule has 0 aliphatic rings. The number of carboxylic acids is 1. The lowest BCUT2D eigenvalue weighted by Crippen LogP contribution is -2.35. The quantitative estimate of drug-likeness (QED) is 0.824. The maximum atomic E-state index is 10.7. The highest BCUT2D eigenvalue weighted by Gasteiger charge is 2.24. The molecule has 0 amide bonds. The van der Waals surface area contributed by atoms with E-state index in [2.05, 4.69) is 13.8 Å². The molecule has 0 spiro atoms. The summed E-state index contributed by atoms with van der Waals surface area (Å²) in [6.07, 6.45) is 1.03. The Hall–Kier alpha value is -1.35. The van der Waals surface area contributed by atoms with Crippen molar-refractivity contribution < 1.29 is 9.90 Å². The van der Waals surface area contributed by atoms with Gasteiger partial charge in [0.05, 0.1) is 6.42 Å². The molecule has 2 unspecified atom stereocenters. The number of hydrogen-bond donors (Lipinski definition) is 2. The predicted octanol–water partition coefficient (Wildman–Crippen LogP) is 2.85. The van der Waals surface area contributed by atoms with Crippen LogP contribution >= 0.6 is 0 Å². The van der Waals surface area contributed by atoms with Crippen LogP contribution in [-0.2, 0) is 10.3 Å².